The first kappa shape index (κ1) is 16.8. The summed E-state index contributed by atoms with van der Waals surface area (Å²) in [6.45, 7) is 3.84. The molecule has 0 radical (unpaired) electrons. The number of aromatic nitrogens is 1. The first-order valence-electron chi connectivity index (χ1n) is 7.46. The van der Waals surface area contributed by atoms with E-state index in [-0.39, 0.29) is 5.91 Å². The number of ether oxygens (including phenoxy) is 2. The second-order valence-corrected chi connectivity index (χ2v) is 4.76. The van der Waals surface area contributed by atoms with Crippen LogP contribution in [0.4, 0.5) is 11.4 Å². The van der Waals surface area contributed by atoms with E-state index in [2.05, 4.69) is 15.6 Å². The first-order chi connectivity index (χ1) is 11.2. The molecule has 6 heteroatoms. The highest BCUT2D eigenvalue weighted by atomic mass is 16.5. The van der Waals surface area contributed by atoms with Crippen molar-refractivity contribution < 1.29 is 14.3 Å². The second-order valence-electron chi connectivity index (χ2n) is 4.76. The highest BCUT2D eigenvalue weighted by molar-refractivity contribution is 6.02. The van der Waals surface area contributed by atoms with Crippen LogP contribution in [0, 0.1) is 0 Å². The van der Waals surface area contributed by atoms with E-state index >= 15 is 0 Å². The summed E-state index contributed by atoms with van der Waals surface area (Å²) < 4.78 is 10.3. The monoisotopic (exact) mass is 315 g/mol. The highest BCUT2D eigenvalue weighted by Gasteiger charge is 2.07. The van der Waals surface area contributed by atoms with Gasteiger partial charge < -0.3 is 20.1 Å². The van der Waals surface area contributed by atoms with Crippen molar-refractivity contribution in [2.45, 2.75) is 6.92 Å². The molecule has 2 rings (SSSR count). The number of hydrogen-bond donors (Lipinski definition) is 2. The van der Waals surface area contributed by atoms with Crippen LogP contribution in [0.5, 0.6) is 5.75 Å². The summed E-state index contributed by atoms with van der Waals surface area (Å²) in [7, 11) is 1.65. The van der Waals surface area contributed by atoms with Gasteiger partial charge in [-0.1, -0.05) is 0 Å². The standard InChI is InChI=1S/C17H21N3O3/c1-3-23-15-7-4-13(5-8-15)20-17(21)16-9-6-14(12-19-16)18-10-11-22-2/h4-9,12,18H,3,10-11H2,1-2H3,(H,20,21). The van der Waals surface area contributed by atoms with Crippen LogP contribution >= 0.6 is 0 Å². The fourth-order valence-corrected chi connectivity index (χ4v) is 1.93. The van der Waals surface area contributed by atoms with Crippen molar-refractivity contribution in [3.63, 3.8) is 0 Å². The summed E-state index contributed by atoms with van der Waals surface area (Å²) in [5.74, 6) is 0.521. The fraction of sp³-hybridized carbons (Fsp3) is 0.294. The van der Waals surface area contributed by atoms with E-state index < -0.39 is 0 Å². The molecule has 1 aromatic heterocycles. The van der Waals surface area contributed by atoms with Gasteiger partial charge in [-0.15, -0.1) is 0 Å². The minimum Gasteiger partial charge on any atom is -0.494 e. The summed E-state index contributed by atoms with van der Waals surface area (Å²) >= 11 is 0. The van der Waals surface area contributed by atoms with Crippen molar-refractivity contribution in [3.8, 4) is 5.75 Å². The maximum atomic E-state index is 12.2. The van der Waals surface area contributed by atoms with E-state index in [1.807, 2.05) is 25.1 Å². The summed E-state index contributed by atoms with van der Waals surface area (Å²) in [5, 5.41) is 5.95. The van der Waals surface area contributed by atoms with Crippen LogP contribution in [-0.4, -0.2) is 37.8 Å². The molecule has 1 amide bonds. The Labute approximate surface area is 135 Å². The number of hydrogen-bond acceptors (Lipinski definition) is 5. The van der Waals surface area contributed by atoms with Crippen LogP contribution in [0.25, 0.3) is 0 Å². The maximum absolute atomic E-state index is 12.2. The average molecular weight is 315 g/mol. The Morgan fingerprint density at radius 2 is 1.87 bits per heavy atom. The number of amides is 1. The number of nitrogens with zero attached hydrogens (tertiary/aromatic N) is 1. The van der Waals surface area contributed by atoms with E-state index in [0.717, 1.165) is 11.4 Å². The molecule has 0 bridgehead atoms. The molecule has 0 spiro atoms. The Balaban J connectivity index is 1.92. The number of benzene rings is 1. The Hall–Kier alpha value is -2.60. The third-order valence-corrected chi connectivity index (χ3v) is 3.05. The maximum Gasteiger partial charge on any atom is 0.274 e. The summed E-state index contributed by atoms with van der Waals surface area (Å²) in [5.41, 5.74) is 1.90. The van der Waals surface area contributed by atoms with E-state index in [0.29, 0.717) is 31.1 Å². The van der Waals surface area contributed by atoms with E-state index in [4.69, 9.17) is 9.47 Å². The van der Waals surface area contributed by atoms with Crippen LogP contribution in [0.3, 0.4) is 0 Å². The lowest BCUT2D eigenvalue weighted by Crippen LogP contribution is -2.14. The molecule has 2 aromatic rings. The topological polar surface area (TPSA) is 72.5 Å². The van der Waals surface area contributed by atoms with Gasteiger partial charge in [0.1, 0.15) is 11.4 Å². The lowest BCUT2D eigenvalue weighted by molar-refractivity contribution is 0.102. The van der Waals surface area contributed by atoms with Crippen molar-refractivity contribution in [1.82, 2.24) is 4.98 Å². The molecule has 1 heterocycles. The zero-order valence-electron chi connectivity index (χ0n) is 13.3. The largest absolute Gasteiger partial charge is 0.494 e. The Bertz CT molecular complexity index is 612. The second kappa shape index (κ2) is 8.75. The van der Waals surface area contributed by atoms with Gasteiger partial charge in [-0.25, -0.2) is 4.98 Å². The minimum atomic E-state index is -0.252. The predicted molar refractivity (Wildman–Crippen MR) is 90.2 cm³/mol. The Morgan fingerprint density at radius 3 is 2.48 bits per heavy atom. The molecule has 0 aliphatic carbocycles. The molecule has 0 aliphatic heterocycles. The number of methoxy groups -OCH3 is 1. The van der Waals surface area contributed by atoms with Gasteiger partial charge >= 0.3 is 0 Å². The van der Waals surface area contributed by atoms with Crippen LogP contribution in [-0.2, 0) is 4.74 Å². The van der Waals surface area contributed by atoms with Crippen molar-refractivity contribution >= 4 is 17.3 Å². The van der Waals surface area contributed by atoms with Gasteiger partial charge in [0.05, 0.1) is 25.1 Å². The van der Waals surface area contributed by atoms with Crippen LogP contribution in [0.2, 0.25) is 0 Å². The van der Waals surface area contributed by atoms with Gasteiger partial charge in [0, 0.05) is 19.3 Å². The molecule has 0 saturated carbocycles. The molecule has 6 nitrogen and oxygen atoms in total. The van der Waals surface area contributed by atoms with Crippen molar-refractivity contribution in [3.05, 3.63) is 48.3 Å². The van der Waals surface area contributed by atoms with Crippen molar-refractivity contribution in [2.75, 3.05) is 37.5 Å². The van der Waals surface area contributed by atoms with Gasteiger partial charge in [-0.05, 0) is 43.3 Å². The van der Waals surface area contributed by atoms with Gasteiger partial charge in [0.25, 0.3) is 5.91 Å². The van der Waals surface area contributed by atoms with Crippen LogP contribution < -0.4 is 15.4 Å². The molecule has 0 fully saturated rings. The molecule has 0 unspecified atom stereocenters. The molecule has 23 heavy (non-hydrogen) atoms. The molecule has 0 atom stereocenters. The minimum absolute atomic E-state index is 0.252. The number of carbonyl (C=O) groups excluding carboxylic acids is 1. The third kappa shape index (κ3) is 5.27. The molecular weight excluding hydrogens is 294 g/mol. The van der Waals surface area contributed by atoms with E-state index in [1.165, 1.54) is 0 Å². The summed E-state index contributed by atoms with van der Waals surface area (Å²) in [6.07, 6.45) is 1.63. The predicted octanol–water partition coefficient (Wildman–Crippen LogP) is 2.79. The normalized spacial score (nSPS) is 10.2. The summed E-state index contributed by atoms with van der Waals surface area (Å²) in [4.78, 5) is 16.3. The lowest BCUT2D eigenvalue weighted by atomic mass is 10.2. The number of pyridine rings is 1. The Morgan fingerprint density at radius 1 is 1.13 bits per heavy atom. The van der Waals surface area contributed by atoms with Crippen molar-refractivity contribution in [1.29, 1.82) is 0 Å². The van der Waals surface area contributed by atoms with Gasteiger partial charge in [-0.2, -0.15) is 0 Å². The molecule has 0 saturated heterocycles. The third-order valence-electron chi connectivity index (χ3n) is 3.05. The molecule has 122 valence electrons. The highest BCUT2D eigenvalue weighted by Crippen LogP contribution is 2.16. The van der Waals surface area contributed by atoms with E-state index in [1.54, 1.807) is 31.5 Å². The zero-order valence-corrected chi connectivity index (χ0v) is 13.3. The number of anilines is 2. The molecule has 2 N–H and O–H groups in total. The van der Waals surface area contributed by atoms with E-state index in [9.17, 15) is 4.79 Å². The summed E-state index contributed by atoms with van der Waals surface area (Å²) in [6, 6.07) is 10.7. The SMILES string of the molecule is CCOc1ccc(NC(=O)c2ccc(NCCOC)cn2)cc1. The molecular formula is C17H21N3O3. The zero-order chi connectivity index (χ0) is 16.5. The van der Waals surface area contributed by atoms with Crippen LogP contribution in [0.15, 0.2) is 42.6 Å². The van der Waals surface area contributed by atoms with Crippen molar-refractivity contribution in [2.24, 2.45) is 0 Å². The Kier molecular flexibility index (Phi) is 6.38. The number of carbonyl (C=O) groups is 1. The quantitative estimate of drug-likeness (QED) is 0.733. The van der Waals surface area contributed by atoms with Gasteiger partial charge in [-0.3, -0.25) is 4.79 Å². The average Bonchev–Trinajstić information content (AvgIpc) is 2.58. The fourth-order valence-electron chi connectivity index (χ4n) is 1.93. The smallest absolute Gasteiger partial charge is 0.274 e. The molecule has 1 aromatic carbocycles. The first-order valence-corrected chi connectivity index (χ1v) is 7.46. The van der Waals surface area contributed by atoms with Gasteiger partial charge in [0.15, 0.2) is 0 Å². The number of rotatable bonds is 8. The number of nitrogens with one attached hydrogen (secondary N) is 2. The lowest BCUT2D eigenvalue weighted by Gasteiger charge is -2.08. The van der Waals surface area contributed by atoms with Crippen LogP contribution in [0.1, 0.15) is 17.4 Å². The van der Waals surface area contributed by atoms with Gasteiger partial charge in [0.2, 0.25) is 0 Å². The molecule has 0 aliphatic rings.